The van der Waals surface area contributed by atoms with Crippen LogP contribution in [0.25, 0.3) is 0 Å². The number of carbonyl (C=O) groups excluding carboxylic acids is 1. The highest BCUT2D eigenvalue weighted by atomic mass is 35.5. The summed E-state index contributed by atoms with van der Waals surface area (Å²) < 4.78 is 31.1. The van der Waals surface area contributed by atoms with Gasteiger partial charge in [0.05, 0.1) is 23.7 Å². The van der Waals surface area contributed by atoms with E-state index in [-0.39, 0.29) is 18.0 Å². The summed E-state index contributed by atoms with van der Waals surface area (Å²) >= 11 is 5.75. The molecule has 0 unspecified atom stereocenters. The van der Waals surface area contributed by atoms with E-state index in [9.17, 15) is 13.2 Å². The van der Waals surface area contributed by atoms with Crippen LogP contribution in [0.1, 0.15) is 17.3 Å². The van der Waals surface area contributed by atoms with E-state index in [0.717, 1.165) is 10.00 Å². The molecule has 2 rings (SSSR count). The number of halogens is 1. The molecule has 1 N–H and O–H groups in total. The van der Waals surface area contributed by atoms with E-state index in [2.05, 4.69) is 10.3 Å². The zero-order chi connectivity index (χ0) is 17.9. The molecule has 0 saturated carbocycles. The molecule has 0 aliphatic rings. The molecule has 0 atom stereocenters. The van der Waals surface area contributed by atoms with Crippen molar-refractivity contribution in [3.05, 3.63) is 46.6 Å². The third-order valence-corrected chi connectivity index (χ3v) is 5.47. The van der Waals surface area contributed by atoms with Crippen molar-refractivity contribution in [2.24, 2.45) is 0 Å². The predicted octanol–water partition coefficient (Wildman–Crippen LogP) is 1.88. The first-order chi connectivity index (χ1) is 11.2. The zero-order valence-electron chi connectivity index (χ0n) is 13.5. The Morgan fingerprint density at radius 1 is 1.29 bits per heavy atom. The molecule has 0 radical (unpaired) electrons. The van der Waals surface area contributed by atoms with Gasteiger partial charge in [-0.25, -0.2) is 13.4 Å². The lowest BCUT2D eigenvalue weighted by atomic mass is 10.4. The lowest BCUT2D eigenvalue weighted by Crippen LogP contribution is -2.38. The van der Waals surface area contributed by atoms with Crippen molar-refractivity contribution in [3.8, 4) is 0 Å². The minimum atomic E-state index is -3.76. The standard InChI is InChI=1S/C15H18ClN3O4S/c1-10-11(2)23-15(18-10)8-17-14(20)9-19(3)24(21,22)13-6-4-12(16)5-7-13/h4-7H,8-9H2,1-3H3,(H,17,20). The number of rotatable bonds is 6. The van der Waals surface area contributed by atoms with Gasteiger partial charge in [0.25, 0.3) is 0 Å². The molecule has 0 saturated heterocycles. The Labute approximate surface area is 145 Å². The van der Waals surface area contributed by atoms with Gasteiger partial charge in [0, 0.05) is 12.1 Å². The summed E-state index contributed by atoms with van der Waals surface area (Å²) in [7, 11) is -2.43. The molecule has 130 valence electrons. The molecule has 2 aromatic rings. The molecule has 24 heavy (non-hydrogen) atoms. The number of carbonyl (C=O) groups is 1. The second kappa shape index (κ2) is 7.33. The molecule has 1 heterocycles. The molecule has 0 fully saturated rings. The zero-order valence-corrected chi connectivity index (χ0v) is 15.1. The first kappa shape index (κ1) is 18.4. The lowest BCUT2D eigenvalue weighted by Gasteiger charge is -2.16. The monoisotopic (exact) mass is 371 g/mol. The lowest BCUT2D eigenvalue weighted by molar-refractivity contribution is -0.121. The summed E-state index contributed by atoms with van der Waals surface area (Å²) in [6.07, 6.45) is 0. The van der Waals surface area contributed by atoms with Crippen LogP contribution in [-0.2, 0) is 21.4 Å². The fourth-order valence-corrected chi connectivity index (χ4v) is 3.17. The van der Waals surface area contributed by atoms with Crippen molar-refractivity contribution >= 4 is 27.5 Å². The summed E-state index contributed by atoms with van der Waals surface area (Å²) in [5.74, 6) is 0.604. The minimum absolute atomic E-state index is 0.0705. The maximum absolute atomic E-state index is 12.4. The quantitative estimate of drug-likeness (QED) is 0.836. The van der Waals surface area contributed by atoms with Crippen molar-refractivity contribution in [1.82, 2.24) is 14.6 Å². The van der Waals surface area contributed by atoms with Gasteiger partial charge in [-0.15, -0.1) is 0 Å². The summed E-state index contributed by atoms with van der Waals surface area (Å²) in [6.45, 7) is 3.36. The highest BCUT2D eigenvalue weighted by molar-refractivity contribution is 7.89. The van der Waals surface area contributed by atoms with E-state index in [1.165, 1.54) is 31.3 Å². The normalized spacial score (nSPS) is 11.7. The highest BCUT2D eigenvalue weighted by Crippen LogP contribution is 2.17. The van der Waals surface area contributed by atoms with Crippen LogP contribution >= 0.6 is 11.6 Å². The van der Waals surface area contributed by atoms with Crippen molar-refractivity contribution in [2.45, 2.75) is 25.3 Å². The van der Waals surface area contributed by atoms with Crippen molar-refractivity contribution in [1.29, 1.82) is 0 Å². The Morgan fingerprint density at radius 3 is 2.46 bits per heavy atom. The number of nitrogens with zero attached hydrogens (tertiary/aromatic N) is 2. The molecular formula is C15H18ClN3O4S. The number of aromatic nitrogens is 1. The highest BCUT2D eigenvalue weighted by Gasteiger charge is 2.23. The van der Waals surface area contributed by atoms with Gasteiger partial charge < -0.3 is 9.73 Å². The third-order valence-electron chi connectivity index (χ3n) is 3.40. The molecule has 0 aliphatic carbocycles. The van der Waals surface area contributed by atoms with E-state index in [4.69, 9.17) is 16.0 Å². The maximum Gasteiger partial charge on any atom is 0.243 e. The van der Waals surface area contributed by atoms with Gasteiger partial charge in [0.1, 0.15) is 5.76 Å². The van der Waals surface area contributed by atoms with Crippen LogP contribution in [0.4, 0.5) is 0 Å². The van der Waals surface area contributed by atoms with E-state index in [0.29, 0.717) is 16.7 Å². The van der Waals surface area contributed by atoms with Gasteiger partial charge in [-0.2, -0.15) is 4.31 Å². The molecule has 1 amide bonds. The van der Waals surface area contributed by atoms with E-state index in [1.807, 2.05) is 0 Å². The Morgan fingerprint density at radius 2 is 1.92 bits per heavy atom. The van der Waals surface area contributed by atoms with Gasteiger partial charge in [-0.1, -0.05) is 11.6 Å². The van der Waals surface area contributed by atoms with E-state index in [1.54, 1.807) is 13.8 Å². The van der Waals surface area contributed by atoms with Crippen molar-refractivity contribution in [3.63, 3.8) is 0 Å². The van der Waals surface area contributed by atoms with Crippen LogP contribution in [0.3, 0.4) is 0 Å². The largest absolute Gasteiger partial charge is 0.444 e. The SMILES string of the molecule is Cc1nc(CNC(=O)CN(C)S(=O)(=O)c2ccc(Cl)cc2)oc1C. The summed E-state index contributed by atoms with van der Waals surface area (Å²) in [4.78, 5) is 16.2. The number of hydrogen-bond acceptors (Lipinski definition) is 5. The van der Waals surface area contributed by atoms with Gasteiger partial charge in [-0.3, -0.25) is 4.79 Å². The van der Waals surface area contributed by atoms with Crippen molar-refractivity contribution in [2.75, 3.05) is 13.6 Å². The number of hydrogen-bond donors (Lipinski definition) is 1. The second-order valence-corrected chi connectivity index (χ2v) is 7.72. The van der Waals surface area contributed by atoms with Crippen LogP contribution < -0.4 is 5.32 Å². The summed E-state index contributed by atoms with van der Waals surface area (Å²) in [5.41, 5.74) is 0.752. The number of aryl methyl sites for hydroxylation is 2. The molecule has 0 aliphatic heterocycles. The Bertz CT molecular complexity index is 811. The molecule has 0 spiro atoms. The van der Waals surface area contributed by atoms with E-state index >= 15 is 0 Å². The fourth-order valence-electron chi connectivity index (χ4n) is 1.92. The van der Waals surface area contributed by atoms with Crippen LogP contribution in [0.15, 0.2) is 33.6 Å². The molecule has 1 aromatic heterocycles. The number of sulfonamides is 1. The minimum Gasteiger partial charge on any atom is -0.444 e. The molecule has 1 aromatic carbocycles. The van der Waals surface area contributed by atoms with Crippen LogP contribution in [0.5, 0.6) is 0 Å². The van der Waals surface area contributed by atoms with Gasteiger partial charge in [0.2, 0.25) is 21.8 Å². The maximum atomic E-state index is 12.4. The number of nitrogens with one attached hydrogen (secondary N) is 1. The number of benzene rings is 1. The number of amides is 1. The number of likely N-dealkylation sites (N-methyl/N-ethyl adjacent to an activating group) is 1. The molecule has 9 heteroatoms. The third kappa shape index (κ3) is 4.34. The van der Waals surface area contributed by atoms with Gasteiger partial charge in [-0.05, 0) is 38.1 Å². The van der Waals surface area contributed by atoms with Crippen LogP contribution in [0.2, 0.25) is 5.02 Å². The van der Waals surface area contributed by atoms with Crippen LogP contribution in [0, 0.1) is 13.8 Å². The predicted molar refractivity (Wildman–Crippen MR) is 89.1 cm³/mol. The van der Waals surface area contributed by atoms with Gasteiger partial charge in [0.15, 0.2) is 0 Å². The first-order valence-electron chi connectivity index (χ1n) is 7.11. The Kier molecular flexibility index (Phi) is 5.63. The average Bonchev–Trinajstić information content (AvgIpc) is 2.84. The smallest absolute Gasteiger partial charge is 0.243 e. The molecule has 0 bridgehead atoms. The topological polar surface area (TPSA) is 92.5 Å². The van der Waals surface area contributed by atoms with E-state index < -0.39 is 15.9 Å². The summed E-state index contributed by atoms with van der Waals surface area (Å²) in [5, 5.41) is 3.02. The average molecular weight is 372 g/mol. The fraction of sp³-hybridized carbons (Fsp3) is 0.333. The Hall–Kier alpha value is -1.90. The Balaban J connectivity index is 1.96. The molecule has 7 nitrogen and oxygen atoms in total. The first-order valence-corrected chi connectivity index (χ1v) is 8.93. The van der Waals surface area contributed by atoms with Crippen LogP contribution in [-0.4, -0.2) is 37.2 Å². The second-order valence-electron chi connectivity index (χ2n) is 5.24. The molecular weight excluding hydrogens is 354 g/mol. The number of oxazole rings is 1. The summed E-state index contributed by atoms with van der Waals surface area (Å²) in [6, 6.07) is 5.75. The van der Waals surface area contributed by atoms with Crippen molar-refractivity contribution < 1.29 is 17.6 Å². The van der Waals surface area contributed by atoms with Gasteiger partial charge >= 0.3 is 0 Å².